The van der Waals surface area contributed by atoms with Crippen molar-refractivity contribution in [1.29, 1.82) is 0 Å². The van der Waals surface area contributed by atoms with E-state index in [1.807, 2.05) is 49.9 Å². The molecule has 1 aliphatic rings. The molecule has 0 amide bonds. The number of hydrogen-bond donors (Lipinski definition) is 1. The lowest BCUT2D eigenvalue weighted by Crippen LogP contribution is -2.38. The Balaban J connectivity index is 1.91. The van der Waals surface area contributed by atoms with Gasteiger partial charge in [-0.05, 0) is 38.1 Å². The molecule has 0 aromatic heterocycles. The molecule has 1 heterocycles. The first kappa shape index (κ1) is 14.4. The predicted molar refractivity (Wildman–Crippen MR) is 80.3 cm³/mol. The van der Waals surface area contributed by atoms with Crippen LogP contribution in [0, 0.1) is 0 Å². The van der Waals surface area contributed by atoms with E-state index in [9.17, 15) is 4.79 Å². The number of carbonyl (C=O) groups is 1. The second kappa shape index (κ2) is 6.96. The summed E-state index contributed by atoms with van der Waals surface area (Å²) < 4.78 is 5.57. The molecule has 0 bridgehead atoms. The van der Waals surface area contributed by atoms with Gasteiger partial charge >= 0.3 is 0 Å². The maximum Gasteiger partial charge on any atom is 0.164 e. The third-order valence-corrected chi connectivity index (χ3v) is 4.11. The highest BCUT2D eigenvalue weighted by Gasteiger charge is 2.17. The van der Waals surface area contributed by atoms with E-state index in [0.29, 0.717) is 12.5 Å². The number of benzene rings is 1. The maximum absolute atomic E-state index is 12.2. The number of thioether (sulfide) groups is 1. The Kier molecular flexibility index (Phi) is 5.28. The zero-order valence-corrected chi connectivity index (χ0v) is 12.3. The van der Waals surface area contributed by atoms with Crippen LogP contribution in [0.15, 0.2) is 24.3 Å². The molecule has 1 saturated heterocycles. The summed E-state index contributed by atoms with van der Waals surface area (Å²) in [5.41, 5.74) is 0.772. The first-order valence-corrected chi connectivity index (χ1v) is 7.91. The van der Waals surface area contributed by atoms with Crippen LogP contribution in [0.4, 0.5) is 0 Å². The molecule has 1 atom stereocenters. The van der Waals surface area contributed by atoms with Crippen molar-refractivity contribution in [3.63, 3.8) is 0 Å². The Hall–Kier alpha value is -1.00. The van der Waals surface area contributed by atoms with Gasteiger partial charge < -0.3 is 10.1 Å². The van der Waals surface area contributed by atoms with E-state index in [1.165, 1.54) is 0 Å². The van der Waals surface area contributed by atoms with Crippen LogP contribution in [0.5, 0.6) is 5.75 Å². The highest BCUT2D eigenvalue weighted by atomic mass is 32.2. The van der Waals surface area contributed by atoms with E-state index in [4.69, 9.17) is 4.74 Å². The Morgan fingerprint density at radius 1 is 1.42 bits per heavy atom. The molecule has 0 spiro atoms. The van der Waals surface area contributed by atoms with Gasteiger partial charge in [-0.2, -0.15) is 11.8 Å². The molecule has 1 aromatic carbocycles. The van der Waals surface area contributed by atoms with Crippen molar-refractivity contribution >= 4 is 17.5 Å². The molecular formula is C15H21NO2S. The zero-order valence-electron chi connectivity index (χ0n) is 11.5. The molecule has 1 N–H and O–H groups in total. The average Bonchev–Trinajstić information content (AvgIpc) is 2.40. The van der Waals surface area contributed by atoms with E-state index in [1.54, 1.807) is 0 Å². The van der Waals surface area contributed by atoms with Crippen molar-refractivity contribution in [3.8, 4) is 5.75 Å². The standard InChI is InChI=1S/C15H21NO2S/c1-11(2)18-14-5-3-12(4-6-14)15(17)9-13-10-19-8-7-16-13/h3-6,11,13,16H,7-10H2,1-2H3. The molecule has 3 nitrogen and oxygen atoms in total. The van der Waals surface area contributed by atoms with Crippen LogP contribution in [0.2, 0.25) is 0 Å². The largest absolute Gasteiger partial charge is 0.491 e. The van der Waals surface area contributed by atoms with Gasteiger partial charge in [0.05, 0.1) is 6.10 Å². The number of nitrogens with one attached hydrogen (secondary N) is 1. The third kappa shape index (κ3) is 4.55. The number of hydrogen-bond acceptors (Lipinski definition) is 4. The Morgan fingerprint density at radius 2 is 2.16 bits per heavy atom. The molecule has 0 aliphatic carbocycles. The van der Waals surface area contributed by atoms with Gasteiger partial charge in [0.15, 0.2) is 5.78 Å². The molecule has 1 fully saturated rings. The Labute approximate surface area is 119 Å². The molecular weight excluding hydrogens is 258 g/mol. The summed E-state index contributed by atoms with van der Waals surface area (Å²) in [5, 5.41) is 3.39. The van der Waals surface area contributed by atoms with Crippen LogP contribution in [-0.4, -0.2) is 36.0 Å². The van der Waals surface area contributed by atoms with Gasteiger partial charge in [-0.3, -0.25) is 4.79 Å². The van der Waals surface area contributed by atoms with E-state index in [-0.39, 0.29) is 11.9 Å². The molecule has 0 radical (unpaired) electrons. The second-order valence-corrected chi connectivity index (χ2v) is 6.19. The number of ether oxygens (including phenoxy) is 1. The van der Waals surface area contributed by atoms with Crippen molar-refractivity contribution < 1.29 is 9.53 Å². The van der Waals surface area contributed by atoms with Crippen LogP contribution in [-0.2, 0) is 0 Å². The second-order valence-electron chi connectivity index (χ2n) is 5.04. The predicted octanol–water partition coefficient (Wildman–Crippen LogP) is 2.75. The van der Waals surface area contributed by atoms with Gasteiger partial charge in [0.1, 0.15) is 5.75 Å². The number of Topliss-reactive ketones (excluding diaryl/α,β-unsaturated/α-hetero) is 1. The van der Waals surface area contributed by atoms with Crippen molar-refractivity contribution in [2.24, 2.45) is 0 Å². The Morgan fingerprint density at radius 3 is 2.74 bits per heavy atom. The third-order valence-electron chi connectivity index (χ3n) is 2.98. The van der Waals surface area contributed by atoms with Gasteiger partial charge in [0.2, 0.25) is 0 Å². The van der Waals surface area contributed by atoms with Crippen LogP contribution in [0.25, 0.3) is 0 Å². The number of carbonyl (C=O) groups excluding carboxylic acids is 1. The van der Waals surface area contributed by atoms with Gasteiger partial charge in [-0.15, -0.1) is 0 Å². The smallest absolute Gasteiger partial charge is 0.164 e. The van der Waals surface area contributed by atoms with Crippen molar-refractivity contribution in [2.75, 3.05) is 18.1 Å². The fourth-order valence-corrected chi connectivity index (χ4v) is 3.03. The molecule has 0 saturated carbocycles. The monoisotopic (exact) mass is 279 g/mol. The zero-order chi connectivity index (χ0) is 13.7. The van der Waals surface area contributed by atoms with Crippen molar-refractivity contribution in [2.45, 2.75) is 32.4 Å². The minimum atomic E-state index is 0.157. The summed E-state index contributed by atoms with van der Waals surface area (Å²) in [6.07, 6.45) is 0.738. The summed E-state index contributed by atoms with van der Waals surface area (Å²) in [6.45, 7) is 4.99. The first-order valence-electron chi connectivity index (χ1n) is 6.76. The number of ketones is 1. The summed E-state index contributed by atoms with van der Waals surface area (Å²) in [7, 11) is 0. The first-order chi connectivity index (χ1) is 9.15. The van der Waals surface area contributed by atoms with E-state index < -0.39 is 0 Å². The van der Waals surface area contributed by atoms with Gasteiger partial charge in [0, 0.05) is 36.1 Å². The lowest BCUT2D eigenvalue weighted by Gasteiger charge is -2.22. The van der Waals surface area contributed by atoms with Crippen LogP contribution >= 0.6 is 11.8 Å². The van der Waals surface area contributed by atoms with Gasteiger partial charge in [-0.1, -0.05) is 0 Å². The maximum atomic E-state index is 12.2. The molecule has 1 aromatic rings. The van der Waals surface area contributed by atoms with E-state index in [0.717, 1.165) is 29.4 Å². The molecule has 2 rings (SSSR count). The van der Waals surface area contributed by atoms with Crippen LogP contribution in [0.3, 0.4) is 0 Å². The van der Waals surface area contributed by atoms with Crippen LogP contribution in [0.1, 0.15) is 30.6 Å². The molecule has 4 heteroatoms. The van der Waals surface area contributed by atoms with Gasteiger partial charge in [-0.25, -0.2) is 0 Å². The topological polar surface area (TPSA) is 38.3 Å². The van der Waals surface area contributed by atoms with Gasteiger partial charge in [0.25, 0.3) is 0 Å². The van der Waals surface area contributed by atoms with Crippen LogP contribution < -0.4 is 10.1 Å². The average molecular weight is 279 g/mol. The highest BCUT2D eigenvalue weighted by Crippen LogP contribution is 2.17. The minimum absolute atomic E-state index is 0.157. The SMILES string of the molecule is CC(C)Oc1ccc(C(=O)CC2CSCCN2)cc1. The Bertz CT molecular complexity index is 411. The lowest BCUT2D eigenvalue weighted by molar-refractivity contribution is 0.0972. The molecule has 1 aliphatic heterocycles. The lowest BCUT2D eigenvalue weighted by atomic mass is 10.0. The molecule has 1 unspecified atom stereocenters. The van der Waals surface area contributed by atoms with Crippen molar-refractivity contribution in [3.05, 3.63) is 29.8 Å². The summed E-state index contributed by atoms with van der Waals surface area (Å²) in [5.74, 6) is 3.20. The van der Waals surface area contributed by atoms with E-state index in [2.05, 4.69) is 5.32 Å². The normalized spacial score (nSPS) is 19.4. The number of rotatable bonds is 5. The summed E-state index contributed by atoms with van der Waals surface area (Å²) in [6, 6.07) is 7.77. The fourth-order valence-electron chi connectivity index (χ4n) is 2.08. The summed E-state index contributed by atoms with van der Waals surface area (Å²) in [4.78, 5) is 12.2. The molecule has 19 heavy (non-hydrogen) atoms. The quantitative estimate of drug-likeness (QED) is 0.841. The minimum Gasteiger partial charge on any atom is -0.491 e. The van der Waals surface area contributed by atoms with Crippen molar-refractivity contribution in [1.82, 2.24) is 5.32 Å². The molecule has 104 valence electrons. The fraction of sp³-hybridized carbons (Fsp3) is 0.533. The summed E-state index contributed by atoms with van der Waals surface area (Å²) >= 11 is 1.91. The highest BCUT2D eigenvalue weighted by molar-refractivity contribution is 7.99. The van der Waals surface area contributed by atoms with E-state index >= 15 is 0 Å².